The zero-order valence-electron chi connectivity index (χ0n) is 21.5. The SMILES string of the molecule is CO[C@H]1CN[C@@H](C(=O)Nc2cc([C@@](CCC3CC3)(N[S@+]([O-])C(C)(C)C)c3ccncc3)ccc2F)C1. The van der Waals surface area contributed by atoms with Gasteiger partial charge in [-0.15, -0.1) is 4.72 Å². The van der Waals surface area contributed by atoms with Crippen LogP contribution in [0, 0.1) is 11.7 Å². The maximum absolute atomic E-state index is 15.0. The first-order chi connectivity index (χ1) is 17.1. The van der Waals surface area contributed by atoms with E-state index in [1.165, 1.54) is 18.9 Å². The smallest absolute Gasteiger partial charge is 0.241 e. The lowest BCUT2D eigenvalue weighted by molar-refractivity contribution is -0.118. The van der Waals surface area contributed by atoms with E-state index in [1.807, 2.05) is 32.9 Å². The Morgan fingerprint density at radius 2 is 1.94 bits per heavy atom. The Balaban J connectivity index is 1.71. The first-order valence-electron chi connectivity index (χ1n) is 12.6. The maximum atomic E-state index is 15.0. The minimum absolute atomic E-state index is 0.0460. The van der Waals surface area contributed by atoms with Gasteiger partial charge in [0, 0.05) is 37.4 Å². The van der Waals surface area contributed by atoms with Crippen LogP contribution in [0.3, 0.4) is 0 Å². The number of pyridine rings is 1. The molecule has 0 bridgehead atoms. The number of rotatable bonds is 10. The number of aromatic nitrogens is 1. The molecule has 9 heteroatoms. The Kier molecular flexibility index (Phi) is 8.36. The summed E-state index contributed by atoms with van der Waals surface area (Å²) >= 11 is -1.41. The summed E-state index contributed by atoms with van der Waals surface area (Å²) < 4.78 is 36.7. The summed E-state index contributed by atoms with van der Waals surface area (Å²) in [7, 11) is 1.62. The van der Waals surface area contributed by atoms with E-state index in [0.717, 1.165) is 17.5 Å². The number of carbonyl (C=O) groups excluding carboxylic acids is 1. The van der Waals surface area contributed by atoms with Crippen LogP contribution in [0.25, 0.3) is 0 Å². The molecular formula is C27H37FN4O3S. The van der Waals surface area contributed by atoms with E-state index < -0.39 is 33.5 Å². The average Bonchev–Trinajstić information content (AvgIpc) is 3.56. The van der Waals surface area contributed by atoms with Gasteiger partial charge in [-0.05, 0) is 81.3 Å². The predicted octanol–water partition coefficient (Wildman–Crippen LogP) is 4.02. The zero-order chi connectivity index (χ0) is 25.9. The maximum Gasteiger partial charge on any atom is 0.241 e. The number of amides is 1. The van der Waals surface area contributed by atoms with Gasteiger partial charge in [0.2, 0.25) is 5.91 Å². The van der Waals surface area contributed by atoms with Gasteiger partial charge in [0.15, 0.2) is 0 Å². The fraction of sp³-hybridized carbons (Fsp3) is 0.556. The molecule has 2 aliphatic rings. The summed E-state index contributed by atoms with van der Waals surface area (Å²) in [6.45, 7) is 6.34. The van der Waals surface area contributed by atoms with Crippen molar-refractivity contribution in [2.75, 3.05) is 19.0 Å². The molecule has 7 nitrogen and oxygen atoms in total. The van der Waals surface area contributed by atoms with Crippen molar-refractivity contribution in [2.24, 2.45) is 5.92 Å². The molecule has 1 saturated heterocycles. The lowest BCUT2D eigenvalue weighted by atomic mass is 9.79. The van der Waals surface area contributed by atoms with Crippen LogP contribution < -0.4 is 15.4 Å². The molecule has 1 aliphatic carbocycles. The third kappa shape index (κ3) is 6.26. The number of hydrogen-bond acceptors (Lipinski definition) is 6. The quantitative estimate of drug-likeness (QED) is 0.413. The van der Waals surface area contributed by atoms with E-state index in [4.69, 9.17) is 4.74 Å². The molecule has 2 aromatic rings. The lowest BCUT2D eigenvalue weighted by Gasteiger charge is -2.39. The molecule has 0 spiro atoms. The first kappa shape index (κ1) is 27.0. The van der Waals surface area contributed by atoms with Crippen LogP contribution >= 0.6 is 0 Å². The number of carbonyl (C=O) groups is 1. The molecule has 36 heavy (non-hydrogen) atoms. The number of ether oxygens (including phenoxy) is 1. The van der Waals surface area contributed by atoms with Crippen LogP contribution in [0.5, 0.6) is 0 Å². The molecule has 0 radical (unpaired) electrons. The fourth-order valence-electron chi connectivity index (χ4n) is 4.59. The van der Waals surface area contributed by atoms with Crippen molar-refractivity contribution in [3.63, 3.8) is 0 Å². The third-order valence-electron chi connectivity index (χ3n) is 7.08. The van der Waals surface area contributed by atoms with Crippen molar-refractivity contribution in [1.82, 2.24) is 15.0 Å². The largest absolute Gasteiger partial charge is 0.598 e. The molecule has 1 aromatic carbocycles. The molecule has 3 N–H and O–H groups in total. The van der Waals surface area contributed by atoms with Gasteiger partial charge in [-0.1, -0.05) is 18.9 Å². The van der Waals surface area contributed by atoms with Gasteiger partial charge in [0.1, 0.15) is 16.1 Å². The summed E-state index contributed by atoms with van der Waals surface area (Å²) in [6.07, 6.45) is 7.92. The molecule has 2 heterocycles. The van der Waals surface area contributed by atoms with Crippen molar-refractivity contribution in [3.8, 4) is 0 Å². The minimum atomic E-state index is -1.41. The summed E-state index contributed by atoms with van der Waals surface area (Å²) in [5, 5.41) is 5.90. The molecule has 1 aromatic heterocycles. The molecule has 1 amide bonds. The summed E-state index contributed by atoms with van der Waals surface area (Å²) in [6, 6.07) is 8.14. The van der Waals surface area contributed by atoms with E-state index in [-0.39, 0.29) is 17.7 Å². The molecule has 0 unspecified atom stereocenters. The Bertz CT molecular complexity index is 1050. The molecule has 1 aliphatic heterocycles. The van der Waals surface area contributed by atoms with Crippen LogP contribution in [-0.2, 0) is 26.4 Å². The highest BCUT2D eigenvalue weighted by Crippen LogP contribution is 2.43. The second kappa shape index (κ2) is 11.1. The first-order valence-corrected chi connectivity index (χ1v) is 13.7. The third-order valence-corrected chi connectivity index (χ3v) is 8.72. The van der Waals surface area contributed by atoms with Gasteiger partial charge in [-0.2, -0.15) is 0 Å². The van der Waals surface area contributed by atoms with Crippen LogP contribution in [0.2, 0.25) is 0 Å². The van der Waals surface area contributed by atoms with Crippen molar-refractivity contribution in [2.45, 2.75) is 75.3 Å². The van der Waals surface area contributed by atoms with E-state index in [2.05, 4.69) is 20.3 Å². The van der Waals surface area contributed by atoms with E-state index in [0.29, 0.717) is 25.3 Å². The summed E-state index contributed by atoms with van der Waals surface area (Å²) in [5.74, 6) is -0.182. The lowest BCUT2D eigenvalue weighted by Crippen LogP contribution is -2.52. The van der Waals surface area contributed by atoms with Crippen molar-refractivity contribution in [1.29, 1.82) is 0 Å². The molecule has 2 fully saturated rings. The van der Waals surface area contributed by atoms with E-state index >= 15 is 0 Å². The Labute approximate surface area is 216 Å². The topological polar surface area (TPSA) is 98.3 Å². The van der Waals surface area contributed by atoms with Gasteiger partial charge < -0.3 is 19.9 Å². The van der Waals surface area contributed by atoms with Crippen molar-refractivity contribution < 1.29 is 18.5 Å². The molecule has 4 atom stereocenters. The van der Waals surface area contributed by atoms with Gasteiger partial charge >= 0.3 is 0 Å². The minimum Gasteiger partial charge on any atom is -0.598 e. The Hall–Kier alpha value is -2.04. The van der Waals surface area contributed by atoms with Crippen LogP contribution in [-0.4, -0.2) is 46.0 Å². The number of halogens is 1. The van der Waals surface area contributed by atoms with E-state index in [9.17, 15) is 13.7 Å². The highest BCUT2D eigenvalue weighted by atomic mass is 32.2. The number of hydrogen-bond donors (Lipinski definition) is 3. The highest BCUT2D eigenvalue weighted by Gasteiger charge is 2.43. The average molecular weight is 517 g/mol. The second-order valence-electron chi connectivity index (χ2n) is 10.8. The standard InChI is InChI=1S/C27H37FN4O3S/c1-26(2,3)36(34)32-27(12-9-18-5-6-18,19-10-13-29-14-11-19)20-7-8-22(28)23(15-20)31-25(33)24-16-21(35-4)17-30-24/h7-8,10-11,13-15,18,21,24,30,32H,5-6,9,12,16-17H2,1-4H3,(H,31,33)/t21-,24-,27+,36-/m1/s1. The zero-order valence-corrected chi connectivity index (χ0v) is 22.3. The predicted molar refractivity (Wildman–Crippen MR) is 140 cm³/mol. The van der Waals surface area contributed by atoms with Gasteiger partial charge in [-0.3, -0.25) is 9.78 Å². The van der Waals surface area contributed by atoms with Gasteiger partial charge in [-0.25, -0.2) is 4.39 Å². The Morgan fingerprint density at radius 1 is 1.22 bits per heavy atom. The number of methoxy groups -OCH3 is 1. The Morgan fingerprint density at radius 3 is 2.56 bits per heavy atom. The van der Waals surface area contributed by atoms with E-state index in [1.54, 1.807) is 31.6 Å². The molecule has 4 rings (SSSR count). The number of nitrogens with one attached hydrogen (secondary N) is 3. The van der Waals surface area contributed by atoms with Crippen LogP contribution in [0.15, 0.2) is 42.7 Å². The number of benzene rings is 1. The number of nitrogens with zero attached hydrogens (tertiary/aromatic N) is 1. The monoisotopic (exact) mass is 516 g/mol. The highest BCUT2D eigenvalue weighted by molar-refractivity contribution is 7.90. The summed E-state index contributed by atoms with van der Waals surface area (Å²) in [4.78, 5) is 17.1. The van der Waals surface area contributed by atoms with Crippen molar-refractivity contribution >= 4 is 23.0 Å². The van der Waals surface area contributed by atoms with Gasteiger partial charge in [0.25, 0.3) is 0 Å². The van der Waals surface area contributed by atoms with Crippen molar-refractivity contribution in [3.05, 3.63) is 59.7 Å². The molecular weight excluding hydrogens is 479 g/mol. The normalized spacial score (nSPS) is 22.7. The number of anilines is 1. The fourth-order valence-corrected chi connectivity index (χ4v) is 5.55. The van der Waals surface area contributed by atoms with Crippen LogP contribution in [0.1, 0.15) is 64.0 Å². The molecule has 1 saturated carbocycles. The van der Waals surface area contributed by atoms with Gasteiger partial charge in [0.05, 0.1) is 17.8 Å². The second-order valence-corrected chi connectivity index (χ2v) is 12.8. The summed E-state index contributed by atoms with van der Waals surface area (Å²) in [5.41, 5.74) is 0.912. The molecule has 196 valence electrons. The van der Waals surface area contributed by atoms with Crippen LogP contribution in [0.4, 0.5) is 10.1 Å².